The van der Waals surface area contributed by atoms with Crippen molar-refractivity contribution in [1.82, 2.24) is 0 Å². The van der Waals surface area contributed by atoms with Gasteiger partial charge in [0.2, 0.25) is 9.84 Å². The lowest BCUT2D eigenvalue weighted by Gasteiger charge is -2.13. The number of hydrogen-bond donors (Lipinski definition) is 0. The van der Waals surface area contributed by atoms with Gasteiger partial charge in [-0.3, -0.25) is 0 Å². The number of rotatable bonds is 8. The van der Waals surface area contributed by atoms with Crippen molar-refractivity contribution in [2.75, 3.05) is 6.61 Å². The molecule has 0 unspecified atom stereocenters. The van der Waals surface area contributed by atoms with Gasteiger partial charge in [-0.25, -0.2) is 8.42 Å². The molecular weight excluding hydrogens is 434 g/mol. The monoisotopic (exact) mass is 453 g/mol. The van der Waals surface area contributed by atoms with Crippen LogP contribution in [0.5, 0.6) is 11.5 Å². The van der Waals surface area contributed by atoms with Gasteiger partial charge in [0, 0.05) is 5.02 Å². The van der Waals surface area contributed by atoms with Gasteiger partial charge in [-0.2, -0.15) is 5.26 Å². The molecule has 3 aromatic carbocycles. The number of nitrogens with zero attached hydrogens (tertiary/aromatic N) is 1. The molecule has 31 heavy (non-hydrogen) atoms. The van der Waals surface area contributed by atoms with E-state index >= 15 is 0 Å². The van der Waals surface area contributed by atoms with Gasteiger partial charge >= 0.3 is 0 Å². The maximum absolute atomic E-state index is 12.8. The number of allylic oxidation sites excluding steroid dienone is 1. The lowest BCUT2D eigenvalue weighted by atomic mass is 10.2. The van der Waals surface area contributed by atoms with E-state index in [0.29, 0.717) is 35.3 Å². The van der Waals surface area contributed by atoms with Crippen molar-refractivity contribution in [2.24, 2.45) is 0 Å². The lowest BCUT2D eigenvalue weighted by Crippen LogP contribution is -2.03. The van der Waals surface area contributed by atoms with Crippen molar-refractivity contribution < 1.29 is 17.9 Å². The summed E-state index contributed by atoms with van der Waals surface area (Å²) in [6.45, 7) is 2.56. The second-order valence-corrected chi connectivity index (χ2v) is 8.85. The molecule has 0 atom stereocenters. The van der Waals surface area contributed by atoms with E-state index in [1.165, 1.54) is 18.2 Å². The van der Waals surface area contributed by atoms with E-state index in [1.54, 1.807) is 54.6 Å². The highest BCUT2D eigenvalue weighted by Crippen LogP contribution is 2.31. The second kappa shape index (κ2) is 10.2. The van der Waals surface area contributed by atoms with Gasteiger partial charge in [0.15, 0.2) is 11.5 Å². The molecule has 5 nitrogen and oxygen atoms in total. The number of hydrogen-bond acceptors (Lipinski definition) is 5. The minimum atomic E-state index is -3.92. The molecule has 3 aromatic rings. The third kappa shape index (κ3) is 5.66. The first kappa shape index (κ1) is 22.4. The highest BCUT2D eigenvalue weighted by Gasteiger charge is 2.20. The average molecular weight is 454 g/mol. The zero-order chi connectivity index (χ0) is 22.3. The Morgan fingerprint density at radius 3 is 2.35 bits per heavy atom. The molecule has 0 N–H and O–H groups in total. The summed E-state index contributed by atoms with van der Waals surface area (Å²) >= 11 is 5.91. The van der Waals surface area contributed by atoms with E-state index in [1.807, 2.05) is 19.1 Å². The van der Waals surface area contributed by atoms with Crippen LogP contribution < -0.4 is 9.47 Å². The maximum atomic E-state index is 12.8. The van der Waals surface area contributed by atoms with Crippen LogP contribution in [0, 0.1) is 11.3 Å². The Labute approximate surface area is 187 Å². The molecule has 0 aliphatic heterocycles. The largest absolute Gasteiger partial charge is 0.490 e. The van der Waals surface area contributed by atoms with Gasteiger partial charge in [-0.15, -0.1) is 0 Å². The molecule has 0 aromatic heterocycles. The zero-order valence-corrected chi connectivity index (χ0v) is 18.4. The highest BCUT2D eigenvalue weighted by atomic mass is 35.5. The predicted molar refractivity (Wildman–Crippen MR) is 121 cm³/mol. The third-order valence-electron chi connectivity index (χ3n) is 4.33. The number of benzene rings is 3. The van der Waals surface area contributed by atoms with Gasteiger partial charge in [0.1, 0.15) is 17.6 Å². The van der Waals surface area contributed by atoms with E-state index in [9.17, 15) is 13.7 Å². The van der Waals surface area contributed by atoms with Crippen LogP contribution in [0.15, 0.2) is 82.6 Å². The fraction of sp³-hybridized carbons (Fsp3) is 0.125. The SMILES string of the molecule is CCOc1cc(/C=C(\C#N)S(=O)(=O)c2ccccc2)ccc1OCc1ccc(Cl)cc1. The van der Waals surface area contributed by atoms with E-state index in [0.717, 1.165) is 5.56 Å². The van der Waals surface area contributed by atoms with Crippen molar-refractivity contribution >= 4 is 27.5 Å². The third-order valence-corrected chi connectivity index (χ3v) is 6.26. The fourth-order valence-electron chi connectivity index (χ4n) is 2.79. The molecule has 0 saturated carbocycles. The van der Waals surface area contributed by atoms with Gasteiger partial charge < -0.3 is 9.47 Å². The first-order chi connectivity index (χ1) is 14.9. The second-order valence-electron chi connectivity index (χ2n) is 6.49. The van der Waals surface area contributed by atoms with Crippen molar-refractivity contribution in [3.05, 3.63) is 93.9 Å². The molecule has 0 aliphatic rings. The summed E-state index contributed by atoms with van der Waals surface area (Å²) in [6, 6.07) is 22.0. The molecule has 3 rings (SSSR count). The highest BCUT2D eigenvalue weighted by molar-refractivity contribution is 7.95. The summed E-state index contributed by atoms with van der Waals surface area (Å²) in [6.07, 6.45) is 1.33. The Hall–Kier alpha value is -3.27. The standard InChI is InChI=1S/C24H20ClNO4S/c1-2-29-24-15-19(10-13-23(24)30-17-18-8-11-20(25)12-9-18)14-22(16-26)31(27,28)21-6-4-3-5-7-21/h3-15H,2,17H2,1H3/b22-14+. The van der Waals surface area contributed by atoms with Gasteiger partial charge in [-0.1, -0.05) is 48.0 Å². The van der Waals surface area contributed by atoms with Crippen molar-refractivity contribution in [3.63, 3.8) is 0 Å². The van der Waals surface area contributed by atoms with Crippen molar-refractivity contribution in [3.8, 4) is 17.6 Å². The molecule has 0 bridgehead atoms. The van der Waals surface area contributed by atoms with Crippen LogP contribution in [0.25, 0.3) is 6.08 Å². The molecule has 158 valence electrons. The van der Waals surface area contributed by atoms with Crippen LogP contribution in [0.4, 0.5) is 0 Å². The van der Waals surface area contributed by atoms with E-state index in [-0.39, 0.29) is 9.80 Å². The van der Waals surface area contributed by atoms with Crippen LogP contribution in [0.3, 0.4) is 0 Å². The molecular formula is C24H20ClNO4S. The zero-order valence-electron chi connectivity index (χ0n) is 16.8. The summed E-state index contributed by atoms with van der Waals surface area (Å²) in [7, 11) is -3.92. The topological polar surface area (TPSA) is 76.4 Å². The number of sulfone groups is 1. The molecule has 0 heterocycles. The minimum absolute atomic E-state index is 0.0655. The summed E-state index contributed by atoms with van der Waals surface area (Å²) in [5.41, 5.74) is 1.45. The van der Waals surface area contributed by atoms with Crippen LogP contribution in [-0.4, -0.2) is 15.0 Å². The van der Waals surface area contributed by atoms with Crippen LogP contribution in [-0.2, 0) is 16.4 Å². The molecule has 0 spiro atoms. The summed E-state index contributed by atoms with van der Waals surface area (Å²) < 4.78 is 37.1. The van der Waals surface area contributed by atoms with Gasteiger partial charge in [-0.05, 0) is 60.5 Å². The molecule has 0 aliphatic carbocycles. The lowest BCUT2D eigenvalue weighted by molar-refractivity contribution is 0.269. The average Bonchev–Trinajstić information content (AvgIpc) is 2.78. The number of nitriles is 1. The maximum Gasteiger partial charge on any atom is 0.216 e. The number of halogens is 1. The van der Waals surface area contributed by atoms with Crippen LogP contribution >= 0.6 is 11.6 Å². The Morgan fingerprint density at radius 2 is 1.71 bits per heavy atom. The molecule has 0 amide bonds. The van der Waals surface area contributed by atoms with E-state index in [2.05, 4.69) is 0 Å². The molecule has 0 fully saturated rings. The Morgan fingerprint density at radius 1 is 1.00 bits per heavy atom. The van der Waals surface area contributed by atoms with Gasteiger partial charge in [0.25, 0.3) is 0 Å². The van der Waals surface area contributed by atoms with Crippen LogP contribution in [0.2, 0.25) is 5.02 Å². The first-order valence-corrected chi connectivity index (χ1v) is 11.4. The van der Waals surface area contributed by atoms with Crippen molar-refractivity contribution in [1.29, 1.82) is 5.26 Å². The molecule has 0 saturated heterocycles. The summed E-state index contributed by atoms with van der Waals surface area (Å²) in [5, 5.41) is 10.1. The Kier molecular flexibility index (Phi) is 7.35. The summed E-state index contributed by atoms with van der Waals surface area (Å²) in [4.78, 5) is -0.285. The first-order valence-electron chi connectivity index (χ1n) is 9.50. The fourth-order valence-corrected chi connectivity index (χ4v) is 4.10. The Balaban J connectivity index is 1.88. The molecule has 7 heteroatoms. The summed E-state index contributed by atoms with van der Waals surface area (Å²) in [5.74, 6) is 0.970. The van der Waals surface area contributed by atoms with Gasteiger partial charge in [0.05, 0.1) is 11.5 Å². The minimum Gasteiger partial charge on any atom is -0.490 e. The number of ether oxygens (including phenoxy) is 2. The quantitative estimate of drug-likeness (QED) is 0.411. The Bertz CT molecular complexity index is 1210. The smallest absolute Gasteiger partial charge is 0.216 e. The van der Waals surface area contributed by atoms with Crippen molar-refractivity contribution in [2.45, 2.75) is 18.4 Å². The normalized spacial score (nSPS) is 11.6. The van der Waals surface area contributed by atoms with E-state index in [4.69, 9.17) is 21.1 Å². The molecule has 0 radical (unpaired) electrons. The van der Waals surface area contributed by atoms with Crippen LogP contribution in [0.1, 0.15) is 18.1 Å². The van der Waals surface area contributed by atoms with E-state index < -0.39 is 9.84 Å². The predicted octanol–water partition coefficient (Wildman–Crippen LogP) is 5.66.